The van der Waals surface area contributed by atoms with Crippen molar-refractivity contribution in [2.75, 3.05) is 19.7 Å². The Labute approximate surface area is 96.9 Å². The van der Waals surface area contributed by atoms with E-state index in [9.17, 15) is 9.59 Å². The van der Waals surface area contributed by atoms with Gasteiger partial charge < -0.3 is 4.74 Å². The number of hydrogen-bond donors (Lipinski definition) is 0. The van der Waals surface area contributed by atoms with E-state index in [1.54, 1.807) is 0 Å². The zero-order valence-corrected chi connectivity index (χ0v) is 10.4. The maximum Gasteiger partial charge on any atom is 0.307 e. The normalized spacial score (nSPS) is 26.8. The molecule has 0 spiro atoms. The first-order valence-electron chi connectivity index (χ1n) is 5.97. The molecule has 0 N–H and O–H groups in total. The summed E-state index contributed by atoms with van der Waals surface area (Å²) in [6.45, 7) is 7.68. The molecule has 0 aliphatic carbocycles. The standard InChI is InChI=1S/C12H21NO3/c1-4-16-12(15)5-6-13-8-9(2)11(14)7-10(13)3/h9-10H,4-8H2,1-3H3. The molecule has 2 atom stereocenters. The zero-order chi connectivity index (χ0) is 12.1. The van der Waals surface area contributed by atoms with Gasteiger partial charge >= 0.3 is 5.97 Å². The van der Waals surface area contributed by atoms with E-state index in [2.05, 4.69) is 4.90 Å². The summed E-state index contributed by atoms with van der Waals surface area (Å²) in [6.07, 6.45) is 1.02. The maximum absolute atomic E-state index is 11.5. The van der Waals surface area contributed by atoms with Crippen molar-refractivity contribution in [2.45, 2.75) is 39.7 Å². The highest BCUT2D eigenvalue weighted by Crippen LogP contribution is 2.18. The molecule has 4 heteroatoms. The van der Waals surface area contributed by atoms with E-state index in [-0.39, 0.29) is 17.9 Å². The van der Waals surface area contributed by atoms with Crippen molar-refractivity contribution in [2.24, 2.45) is 5.92 Å². The summed E-state index contributed by atoms with van der Waals surface area (Å²) in [6, 6.07) is 0.248. The average molecular weight is 227 g/mol. The van der Waals surface area contributed by atoms with E-state index in [1.165, 1.54) is 0 Å². The third-order valence-corrected chi connectivity index (χ3v) is 3.09. The summed E-state index contributed by atoms with van der Waals surface area (Å²) in [5, 5.41) is 0. The van der Waals surface area contributed by atoms with Gasteiger partial charge in [0, 0.05) is 31.5 Å². The fraction of sp³-hybridized carbons (Fsp3) is 0.833. The van der Waals surface area contributed by atoms with Crippen LogP contribution in [0.4, 0.5) is 0 Å². The molecular formula is C12H21NO3. The number of hydrogen-bond acceptors (Lipinski definition) is 4. The molecule has 1 heterocycles. The lowest BCUT2D eigenvalue weighted by molar-refractivity contribution is -0.143. The maximum atomic E-state index is 11.5. The highest BCUT2D eigenvalue weighted by atomic mass is 16.5. The molecule has 2 unspecified atom stereocenters. The van der Waals surface area contributed by atoms with Crippen LogP contribution < -0.4 is 0 Å². The van der Waals surface area contributed by atoms with Gasteiger partial charge in [-0.3, -0.25) is 14.5 Å². The minimum absolute atomic E-state index is 0.0957. The molecule has 0 radical (unpaired) electrons. The SMILES string of the molecule is CCOC(=O)CCN1CC(C)C(=O)CC1C. The minimum atomic E-state index is -0.153. The van der Waals surface area contributed by atoms with Gasteiger partial charge in [-0.15, -0.1) is 0 Å². The van der Waals surface area contributed by atoms with E-state index in [0.717, 1.165) is 6.54 Å². The number of Topliss-reactive ketones (excluding diaryl/α,β-unsaturated/α-hetero) is 1. The monoisotopic (exact) mass is 227 g/mol. The predicted octanol–water partition coefficient (Wildman–Crippen LogP) is 1.24. The Bertz CT molecular complexity index is 265. The minimum Gasteiger partial charge on any atom is -0.466 e. The summed E-state index contributed by atoms with van der Waals surface area (Å²) in [4.78, 5) is 24.9. The van der Waals surface area contributed by atoms with Crippen molar-refractivity contribution < 1.29 is 14.3 Å². The largest absolute Gasteiger partial charge is 0.466 e. The predicted molar refractivity (Wildman–Crippen MR) is 61.1 cm³/mol. The lowest BCUT2D eigenvalue weighted by Gasteiger charge is -2.35. The number of rotatable bonds is 4. The number of likely N-dealkylation sites (tertiary alicyclic amines) is 1. The van der Waals surface area contributed by atoms with Crippen LogP contribution in [0.2, 0.25) is 0 Å². The molecule has 1 aliphatic rings. The number of nitrogens with zero attached hydrogens (tertiary/aromatic N) is 1. The summed E-state index contributed by atoms with van der Waals surface area (Å²) >= 11 is 0. The van der Waals surface area contributed by atoms with E-state index in [0.29, 0.717) is 31.8 Å². The number of carbonyl (C=O) groups excluding carboxylic acids is 2. The molecule has 0 bridgehead atoms. The van der Waals surface area contributed by atoms with Crippen molar-refractivity contribution in [3.05, 3.63) is 0 Å². The first kappa shape index (κ1) is 13.2. The van der Waals surface area contributed by atoms with E-state index < -0.39 is 0 Å². The van der Waals surface area contributed by atoms with Gasteiger partial charge in [0.2, 0.25) is 0 Å². The van der Waals surface area contributed by atoms with Crippen LogP contribution in [0.1, 0.15) is 33.6 Å². The van der Waals surface area contributed by atoms with E-state index in [4.69, 9.17) is 4.74 Å². The zero-order valence-electron chi connectivity index (χ0n) is 10.4. The van der Waals surface area contributed by atoms with Crippen LogP contribution >= 0.6 is 0 Å². The van der Waals surface area contributed by atoms with Crippen LogP contribution in [-0.2, 0) is 14.3 Å². The second-order valence-electron chi connectivity index (χ2n) is 4.47. The Kier molecular flexibility index (Phi) is 4.93. The molecular weight excluding hydrogens is 206 g/mol. The second kappa shape index (κ2) is 5.99. The summed E-state index contributed by atoms with van der Waals surface area (Å²) in [5.74, 6) is 0.275. The molecule has 0 amide bonds. The van der Waals surface area contributed by atoms with Gasteiger partial charge in [0.25, 0.3) is 0 Å². The third-order valence-electron chi connectivity index (χ3n) is 3.09. The molecule has 1 fully saturated rings. The molecule has 1 aliphatic heterocycles. The molecule has 0 aromatic heterocycles. The molecule has 1 saturated heterocycles. The number of ketones is 1. The Morgan fingerprint density at radius 3 is 2.81 bits per heavy atom. The Balaban J connectivity index is 2.36. The first-order chi connectivity index (χ1) is 7.54. The van der Waals surface area contributed by atoms with Crippen molar-refractivity contribution in [1.82, 2.24) is 4.90 Å². The van der Waals surface area contributed by atoms with Crippen molar-refractivity contribution in [3.63, 3.8) is 0 Å². The van der Waals surface area contributed by atoms with Gasteiger partial charge in [-0.05, 0) is 13.8 Å². The summed E-state index contributed by atoms with van der Waals surface area (Å²) in [7, 11) is 0. The van der Waals surface area contributed by atoms with Gasteiger partial charge in [0.15, 0.2) is 0 Å². The smallest absolute Gasteiger partial charge is 0.307 e. The van der Waals surface area contributed by atoms with Crippen LogP contribution in [-0.4, -0.2) is 42.4 Å². The third kappa shape index (κ3) is 3.59. The van der Waals surface area contributed by atoms with Crippen molar-refractivity contribution in [3.8, 4) is 0 Å². The molecule has 0 saturated carbocycles. The molecule has 1 rings (SSSR count). The first-order valence-corrected chi connectivity index (χ1v) is 5.97. The van der Waals surface area contributed by atoms with Crippen LogP contribution in [0.3, 0.4) is 0 Å². The van der Waals surface area contributed by atoms with E-state index >= 15 is 0 Å². The van der Waals surface area contributed by atoms with Gasteiger partial charge in [-0.2, -0.15) is 0 Å². The fourth-order valence-electron chi connectivity index (χ4n) is 2.03. The molecule has 0 aromatic rings. The van der Waals surface area contributed by atoms with Crippen LogP contribution in [0.25, 0.3) is 0 Å². The highest BCUT2D eigenvalue weighted by Gasteiger charge is 2.28. The Morgan fingerprint density at radius 2 is 2.19 bits per heavy atom. The lowest BCUT2D eigenvalue weighted by Crippen LogP contribution is -2.46. The van der Waals surface area contributed by atoms with Crippen molar-refractivity contribution >= 4 is 11.8 Å². The number of ether oxygens (including phenoxy) is 1. The van der Waals surface area contributed by atoms with Gasteiger partial charge in [0.05, 0.1) is 13.0 Å². The van der Waals surface area contributed by atoms with Crippen molar-refractivity contribution in [1.29, 1.82) is 0 Å². The van der Waals surface area contributed by atoms with Gasteiger partial charge in [0.1, 0.15) is 5.78 Å². The fourth-order valence-corrected chi connectivity index (χ4v) is 2.03. The summed E-state index contributed by atoms with van der Waals surface area (Å²) in [5.41, 5.74) is 0. The quantitative estimate of drug-likeness (QED) is 0.678. The molecule has 0 aromatic carbocycles. The number of esters is 1. The van der Waals surface area contributed by atoms with Gasteiger partial charge in [-0.25, -0.2) is 0 Å². The lowest BCUT2D eigenvalue weighted by atomic mass is 9.93. The van der Waals surface area contributed by atoms with E-state index in [1.807, 2.05) is 20.8 Å². The van der Waals surface area contributed by atoms with Crippen LogP contribution in [0.5, 0.6) is 0 Å². The Hall–Kier alpha value is -0.900. The van der Waals surface area contributed by atoms with Crippen LogP contribution in [0, 0.1) is 5.92 Å². The number of carbonyl (C=O) groups is 2. The average Bonchev–Trinajstić information content (AvgIpc) is 2.22. The Morgan fingerprint density at radius 1 is 1.50 bits per heavy atom. The van der Waals surface area contributed by atoms with Crippen LogP contribution in [0.15, 0.2) is 0 Å². The second-order valence-corrected chi connectivity index (χ2v) is 4.47. The number of piperidine rings is 1. The molecule has 92 valence electrons. The summed E-state index contributed by atoms with van der Waals surface area (Å²) < 4.78 is 4.88. The topological polar surface area (TPSA) is 46.6 Å². The van der Waals surface area contributed by atoms with Gasteiger partial charge in [-0.1, -0.05) is 6.92 Å². The highest BCUT2D eigenvalue weighted by molar-refractivity contribution is 5.82. The molecule has 4 nitrogen and oxygen atoms in total. The molecule has 16 heavy (non-hydrogen) atoms.